The number of carbonyl (C=O) groups excluding carboxylic acids is 2. The predicted molar refractivity (Wildman–Crippen MR) is 93.7 cm³/mol. The van der Waals surface area contributed by atoms with Crippen molar-refractivity contribution in [3.8, 4) is 0 Å². The van der Waals surface area contributed by atoms with Crippen LogP contribution in [0.5, 0.6) is 0 Å². The maximum atomic E-state index is 11.9. The van der Waals surface area contributed by atoms with Gasteiger partial charge in [-0.05, 0) is 30.1 Å². The number of carbonyl (C=O) groups is 2. The highest BCUT2D eigenvalue weighted by atomic mass is 35.5. The summed E-state index contributed by atoms with van der Waals surface area (Å²) in [6, 6.07) is 3.85. The van der Waals surface area contributed by atoms with E-state index < -0.39 is 24.0 Å². The highest BCUT2D eigenvalue weighted by molar-refractivity contribution is 7.99. The molecule has 0 aliphatic carbocycles. The van der Waals surface area contributed by atoms with Gasteiger partial charge in [-0.15, -0.1) is 0 Å². The number of nitrogens with one attached hydrogen (secondary N) is 2. The third-order valence-corrected chi connectivity index (χ3v) is 4.72. The van der Waals surface area contributed by atoms with E-state index in [1.807, 2.05) is 6.92 Å². The fourth-order valence-corrected chi connectivity index (χ4v) is 2.77. The number of hydrogen-bond donors (Lipinski definition) is 4. The number of halogens is 2. The summed E-state index contributed by atoms with van der Waals surface area (Å²) < 4.78 is 0. The molecule has 0 spiro atoms. The third kappa shape index (κ3) is 6.19. The molecule has 6 nitrogen and oxygen atoms in total. The molecule has 0 aliphatic rings. The normalized spacial score (nSPS) is 13.3. The lowest BCUT2D eigenvalue weighted by Crippen LogP contribution is -2.52. The van der Waals surface area contributed by atoms with Gasteiger partial charge in [0.25, 0.3) is 11.8 Å². The van der Waals surface area contributed by atoms with E-state index in [-0.39, 0.29) is 15.6 Å². The third-order valence-electron chi connectivity index (χ3n) is 2.97. The molecule has 0 saturated heterocycles. The molecule has 128 valence electrons. The Labute approximate surface area is 149 Å². The summed E-state index contributed by atoms with van der Waals surface area (Å²) in [6.07, 6.45) is -0.927. The maximum absolute atomic E-state index is 11.9. The van der Waals surface area contributed by atoms with E-state index in [1.165, 1.54) is 12.1 Å². The van der Waals surface area contributed by atoms with E-state index in [4.69, 9.17) is 28.9 Å². The van der Waals surface area contributed by atoms with Crippen LogP contribution in [-0.4, -0.2) is 40.6 Å². The molecule has 5 N–H and O–H groups in total. The summed E-state index contributed by atoms with van der Waals surface area (Å²) in [6.45, 7) is 2.01. The number of nitrogens with two attached hydrogens (primary N) is 1. The van der Waals surface area contributed by atoms with Crippen LogP contribution in [-0.2, 0) is 4.79 Å². The zero-order chi connectivity index (χ0) is 17.4. The van der Waals surface area contributed by atoms with Gasteiger partial charge in [-0.1, -0.05) is 36.2 Å². The van der Waals surface area contributed by atoms with E-state index in [0.717, 1.165) is 11.5 Å². The van der Waals surface area contributed by atoms with Gasteiger partial charge in [-0.25, -0.2) is 0 Å². The molecule has 0 aromatic heterocycles. The Bertz CT molecular complexity index is 560. The Kier molecular flexibility index (Phi) is 8.72. The Morgan fingerprint density at radius 2 is 2.04 bits per heavy atom. The minimum atomic E-state index is -1.41. The number of benzene rings is 1. The van der Waals surface area contributed by atoms with Crippen molar-refractivity contribution in [2.24, 2.45) is 5.73 Å². The minimum absolute atomic E-state index is 0.0785. The first kappa shape index (κ1) is 20.1. The number of hydrogen-bond acceptors (Lipinski definition) is 5. The molecule has 2 atom stereocenters. The van der Waals surface area contributed by atoms with E-state index in [0.29, 0.717) is 6.42 Å². The lowest BCUT2D eigenvalue weighted by molar-refractivity contribution is -0.131. The number of aliphatic hydroxyl groups excluding tert-OH is 1. The highest BCUT2D eigenvalue weighted by Crippen LogP contribution is 2.25. The summed E-state index contributed by atoms with van der Waals surface area (Å²) in [7, 11) is 0. The van der Waals surface area contributed by atoms with Crippen molar-refractivity contribution in [3.05, 3.63) is 33.8 Å². The van der Waals surface area contributed by atoms with E-state index >= 15 is 0 Å². The van der Waals surface area contributed by atoms with Crippen LogP contribution in [0.15, 0.2) is 18.2 Å². The lowest BCUT2D eigenvalue weighted by Gasteiger charge is -2.18. The molecule has 0 bridgehead atoms. The number of thioether (sulfide) groups is 1. The molecule has 23 heavy (non-hydrogen) atoms. The monoisotopic (exact) mass is 379 g/mol. The molecule has 1 rings (SSSR count). The Morgan fingerprint density at radius 1 is 1.35 bits per heavy atom. The molecular formula is C14H19Cl2N3O3S. The molecule has 0 heterocycles. The van der Waals surface area contributed by atoms with Crippen molar-refractivity contribution >= 4 is 46.8 Å². The first-order chi connectivity index (χ1) is 10.9. The number of hydrazine groups is 1. The van der Waals surface area contributed by atoms with Crippen LogP contribution < -0.4 is 16.6 Å². The number of amides is 2. The fourth-order valence-electron chi connectivity index (χ4n) is 1.65. The van der Waals surface area contributed by atoms with Crippen LogP contribution >= 0.6 is 35.0 Å². The summed E-state index contributed by atoms with van der Waals surface area (Å²) in [5, 5.41) is 10.1. The van der Waals surface area contributed by atoms with Gasteiger partial charge in [0.05, 0.1) is 15.6 Å². The van der Waals surface area contributed by atoms with Crippen molar-refractivity contribution in [3.63, 3.8) is 0 Å². The predicted octanol–water partition coefficient (Wildman–Crippen LogP) is 1.59. The molecule has 0 radical (unpaired) electrons. The summed E-state index contributed by atoms with van der Waals surface area (Å²) in [4.78, 5) is 23.7. The van der Waals surface area contributed by atoms with E-state index in [9.17, 15) is 14.7 Å². The second-order valence-electron chi connectivity index (χ2n) is 4.64. The molecule has 9 heteroatoms. The van der Waals surface area contributed by atoms with Crippen LogP contribution in [0.25, 0.3) is 0 Å². The van der Waals surface area contributed by atoms with Gasteiger partial charge >= 0.3 is 0 Å². The first-order valence-corrected chi connectivity index (χ1v) is 8.85. The first-order valence-electron chi connectivity index (χ1n) is 6.94. The summed E-state index contributed by atoms with van der Waals surface area (Å²) in [5.41, 5.74) is 10.1. The Balaban J connectivity index is 2.51. The number of aliphatic hydroxyl groups is 1. The van der Waals surface area contributed by atoms with Gasteiger partial charge < -0.3 is 10.8 Å². The maximum Gasteiger partial charge on any atom is 0.271 e. The van der Waals surface area contributed by atoms with Gasteiger partial charge in [0.1, 0.15) is 6.10 Å². The topological polar surface area (TPSA) is 104 Å². The average molecular weight is 380 g/mol. The second-order valence-corrected chi connectivity index (χ2v) is 6.82. The minimum Gasteiger partial charge on any atom is -0.382 e. The van der Waals surface area contributed by atoms with E-state index in [2.05, 4.69) is 10.9 Å². The van der Waals surface area contributed by atoms with Crippen LogP contribution in [0.1, 0.15) is 23.7 Å². The zero-order valence-corrected chi connectivity index (χ0v) is 14.8. The van der Waals surface area contributed by atoms with Crippen molar-refractivity contribution in [2.75, 3.05) is 11.5 Å². The molecule has 0 saturated carbocycles. The molecule has 0 aliphatic heterocycles. The highest BCUT2D eigenvalue weighted by Gasteiger charge is 2.23. The standard InChI is InChI=1S/C14H19Cl2N3O3S/c1-2-23-7-6-10(17)12(20)14(22)19-18-13(21)8-4-3-5-9(15)11(8)16/h3-5,10,12,20H,2,6-7,17H2,1H3,(H,18,21)(H,19,22)/t10-,12?/m1/s1. The van der Waals surface area contributed by atoms with Crippen molar-refractivity contribution in [2.45, 2.75) is 25.5 Å². The second kappa shape index (κ2) is 10.00. The molecule has 1 unspecified atom stereocenters. The molecule has 1 aromatic carbocycles. The van der Waals surface area contributed by atoms with Crippen LogP contribution in [0.3, 0.4) is 0 Å². The lowest BCUT2D eigenvalue weighted by atomic mass is 10.1. The van der Waals surface area contributed by atoms with Crippen molar-refractivity contribution in [1.82, 2.24) is 10.9 Å². The van der Waals surface area contributed by atoms with Gasteiger partial charge in [0, 0.05) is 6.04 Å². The van der Waals surface area contributed by atoms with Crippen LogP contribution in [0, 0.1) is 0 Å². The average Bonchev–Trinajstić information content (AvgIpc) is 2.54. The molecule has 0 fully saturated rings. The van der Waals surface area contributed by atoms with Gasteiger partial charge in [-0.2, -0.15) is 11.8 Å². The van der Waals surface area contributed by atoms with Gasteiger partial charge in [0.15, 0.2) is 0 Å². The van der Waals surface area contributed by atoms with Gasteiger partial charge in [-0.3, -0.25) is 20.4 Å². The van der Waals surface area contributed by atoms with E-state index in [1.54, 1.807) is 17.8 Å². The zero-order valence-electron chi connectivity index (χ0n) is 12.5. The molecule has 2 amide bonds. The number of rotatable bonds is 7. The molecular weight excluding hydrogens is 361 g/mol. The van der Waals surface area contributed by atoms with Crippen LogP contribution in [0.4, 0.5) is 0 Å². The SMILES string of the molecule is CCSCC[C@@H](N)C(O)C(=O)NNC(=O)c1cccc(Cl)c1Cl. The summed E-state index contributed by atoms with van der Waals surface area (Å²) in [5.74, 6) is 0.247. The molecule has 1 aromatic rings. The largest absolute Gasteiger partial charge is 0.382 e. The Hall–Kier alpha value is -0.990. The Morgan fingerprint density at radius 3 is 2.70 bits per heavy atom. The van der Waals surface area contributed by atoms with Crippen molar-refractivity contribution < 1.29 is 14.7 Å². The van der Waals surface area contributed by atoms with Gasteiger partial charge in [0.2, 0.25) is 0 Å². The smallest absolute Gasteiger partial charge is 0.271 e. The van der Waals surface area contributed by atoms with Crippen LogP contribution in [0.2, 0.25) is 10.0 Å². The summed E-state index contributed by atoms with van der Waals surface area (Å²) >= 11 is 13.4. The quantitative estimate of drug-likeness (QED) is 0.425. The van der Waals surface area contributed by atoms with Crippen molar-refractivity contribution in [1.29, 1.82) is 0 Å². The fraction of sp³-hybridized carbons (Fsp3) is 0.429.